The summed E-state index contributed by atoms with van der Waals surface area (Å²) in [5.41, 5.74) is 3.89. The van der Waals surface area contributed by atoms with Crippen LogP contribution in [0.4, 0.5) is 0 Å². The lowest BCUT2D eigenvalue weighted by Gasteiger charge is -2.48. The first-order valence-electron chi connectivity index (χ1n) is 13.9. The number of nitrogens with one attached hydrogen (secondary N) is 1. The summed E-state index contributed by atoms with van der Waals surface area (Å²) in [6, 6.07) is 22.7. The van der Waals surface area contributed by atoms with Crippen molar-refractivity contribution in [2.24, 2.45) is 0 Å². The zero-order valence-electron chi connectivity index (χ0n) is 21.6. The maximum absolute atomic E-state index is 4.86. The predicted octanol–water partition coefficient (Wildman–Crippen LogP) is 4.41. The maximum Gasteiger partial charge on any atom is 0.196 e. The summed E-state index contributed by atoms with van der Waals surface area (Å²) < 4.78 is 5.36. The van der Waals surface area contributed by atoms with Crippen molar-refractivity contribution in [3.63, 3.8) is 0 Å². The number of rotatable bonds is 8. The predicted molar refractivity (Wildman–Crippen MR) is 145 cm³/mol. The number of nitrogens with zero attached hydrogens (tertiary/aromatic N) is 6. The first-order valence-corrected chi connectivity index (χ1v) is 13.9. The normalized spacial score (nSPS) is 21.6. The third-order valence-electron chi connectivity index (χ3n) is 8.48. The molecule has 2 fully saturated rings. The summed E-state index contributed by atoms with van der Waals surface area (Å²) in [4.78, 5) is 0. The third kappa shape index (κ3) is 5.11. The zero-order chi connectivity index (χ0) is 24.9. The topological polar surface area (TPSA) is 60.6 Å². The number of hydrogen-bond donors (Lipinski definition) is 1. The molecule has 1 saturated heterocycles. The van der Waals surface area contributed by atoms with E-state index in [4.69, 9.17) is 5.10 Å². The molecule has 2 aromatic heterocycles. The minimum atomic E-state index is 0.160. The molecule has 0 radical (unpaired) electrons. The van der Waals surface area contributed by atoms with Gasteiger partial charge in [-0.2, -0.15) is 5.10 Å². The Morgan fingerprint density at radius 1 is 0.865 bits per heavy atom. The largest absolute Gasteiger partial charge is 0.311 e. The molecule has 7 heteroatoms. The number of quaternary nitrogens is 1. The molecule has 37 heavy (non-hydrogen) atoms. The van der Waals surface area contributed by atoms with Crippen molar-refractivity contribution in [1.29, 1.82) is 0 Å². The summed E-state index contributed by atoms with van der Waals surface area (Å²) >= 11 is 0. The van der Waals surface area contributed by atoms with Crippen LogP contribution < -0.4 is 5.32 Å². The van der Waals surface area contributed by atoms with Crippen LogP contribution in [-0.2, 0) is 13.1 Å². The molecule has 1 N–H and O–H groups in total. The lowest BCUT2D eigenvalue weighted by molar-refractivity contribution is -0.972. The van der Waals surface area contributed by atoms with Crippen molar-refractivity contribution in [3.8, 4) is 0 Å². The highest BCUT2D eigenvalue weighted by molar-refractivity contribution is 5.28. The zero-order valence-corrected chi connectivity index (χ0v) is 21.6. The number of hydrogen-bond acceptors (Lipinski definition) is 4. The quantitative estimate of drug-likeness (QED) is 0.367. The van der Waals surface area contributed by atoms with E-state index >= 15 is 0 Å². The van der Waals surface area contributed by atoms with E-state index in [2.05, 4.69) is 74.7 Å². The van der Waals surface area contributed by atoms with Crippen LogP contribution in [0.3, 0.4) is 0 Å². The molecule has 1 saturated carbocycles. The average Bonchev–Trinajstić information content (AvgIpc) is 3.70. The molecule has 7 nitrogen and oxygen atoms in total. The molecule has 4 aromatic rings. The molecule has 0 amide bonds. The van der Waals surface area contributed by atoms with Gasteiger partial charge in [0.15, 0.2) is 11.9 Å². The first-order chi connectivity index (χ1) is 18.3. The molecule has 2 unspecified atom stereocenters. The highest BCUT2D eigenvalue weighted by Crippen LogP contribution is 2.42. The summed E-state index contributed by atoms with van der Waals surface area (Å²) in [6.07, 6.45) is 12.3. The average molecular weight is 497 g/mol. The van der Waals surface area contributed by atoms with E-state index in [1.165, 1.54) is 55.3 Å². The van der Waals surface area contributed by atoms with E-state index in [0.29, 0.717) is 6.04 Å². The highest BCUT2D eigenvalue weighted by Gasteiger charge is 2.48. The van der Waals surface area contributed by atoms with Gasteiger partial charge >= 0.3 is 0 Å². The number of aromatic nitrogens is 5. The molecule has 3 heterocycles. The second kappa shape index (κ2) is 11.0. The van der Waals surface area contributed by atoms with Crippen LogP contribution in [0.25, 0.3) is 0 Å². The van der Waals surface area contributed by atoms with Gasteiger partial charge in [0.1, 0.15) is 6.33 Å². The van der Waals surface area contributed by atoms with Crippen molar-refractivity contribution in [2.45, 2.75) is 57.3 Å². The molecule has 0 bridgehead atoms. The Morgan fingerprint density at radius 2 is 1.68 bits per heavy atom. The summed E-state index contributed by atoms with van der Waals surface area (Å²) in [5.74, 6) is 1.09. The first kappa shape index (κ1) is 24.1. The second-order valence-corrected chi connectivity index (χ2v) is 10.7. The van der Waals surface area contributed by atoms with Crippen molar-refractivity contribution in [2.75, 3.05) is 26.2 Å². The third-order valence-corrected chi connectivity index (χ3v) is 8.48. The minimum Gasteiger partial charge on any atom is -0.311 e. The van der Waals surface area contributed by atoms with Crippen LogP contribution in [0.15, 0.2) is 79.4 Å². The Bertz CT molecular complexity index is 1230. The molecule has 1 aliphatic heterocycles. The van der Waals surface area contributed by atoms with Gasteiger partial charge in [-0.25, -0.2) is 0 Å². The van der Waals surface area contributed by atoms with Gasteiger partial charge < -0.3 is 14.4 Å². The van der Waals surface area contributed by atoms with Gasteiger partial charge in [-0.3, -0.25) is 4.68 Å². The molecule has 2 aliphatic rings. The van der Waals surface area contributed by atoms with Gasteiger partial charge in [0, 0.05) is 37.5 Å². The summed E-state index contributed by atoms with van der Waals surface area (Å²) in [5, 5.41) is 17.4. The smallest absolute Gasteiger partial charge is 0.196 e. The monoisotopic (exact) mass is 496 g/mol. The van der Waals surface area contributed by atoms with Crippen molar-refractivity contribution in [3.05, 3.63) is 102 Å². The number of benzene rings is 2. The van der Waals surface area contributed by atoms with E-state index in [1.54, 1.807) is 0 Å². The Kier molecular flexibility index (Phi) is 7.15. The van der Waals surface area contributed by atoms with E-state index in [1.807, 2.05) is 29.5 Å². The van der Waals surface area contributed by atoms with Crippen LogP contribution >= 0.6 is 0 Å². The van der Waals surface area contributed by atoms with Crippen LogP contribution in [0.2, 0.25) is 0 Å². The fourth-order valence-corrected chi connectivity index (χ4v) is 6.71. The fraction of sp³-hybridized carbons (Fsp3) is 0.433. The van der Waals surface area contributed by atoms with Crippen LogP contribution in [0.1, 0.15) is 60.7 Å². The van der Waals surface area contributed by atoms with Crippen LogP contribution in [0.5, 0.6) is 0 Å². The second-order valence-electron chi connectivity index (χ2n) is 10.7. The molecular formula is C30H38N7+. The molecule has 6 rings (SSSR count). The minimum absolute atomic E-state index is 0.160. The van der Waals surface area contributed by atoms with Gasteiger partial charge in [0.25, 0.3) is 0 Å². The lowest BCUT2D eigenvalue weighted by Crippen LogP contribution is -2.59. The Balaban J connectivity index is 1.42. The Hall–Kier alpha value is -3.29. The maximum atomic E-state index is 4.86. The highest BCUT2D eigenvalue weighted by atomic mass is 15.4. The fourth-order valence-electron chi connectivity index (χ4n) is 6.71. The molecular weight excluding hydrogens is 458 g/mol. The van der Waals surface area contributed by atoms with Gasteiger partial charge in [-0.1, -0.05) is 54.6 Å². The van der Waals surface area contributed by atoms with Crippen LogP contribution in [0, 0.1) is 0 Å². The Labute approximate surface area is 219 Å². The lowest BCUT2D eigenvalue weighted by atomic mass is 9.95. The van der Waals surface area contributed by atoms with Gasteiger partial charge in [0.2, 0.25) is 0 Å². The van der Waals surface area contributed by atoms with E-state index in [0.717, 1.165) is 43.0 Å². The van der Waals surface area contributed by atoms with Crippen molar-refractivity contribution >= 4 is 0 Å². The van der Waals surface area contributed by atoms with E-state index < -0.39 is 0 Å². The molecule has 2 aromatic carbocycles. The van der Waals surface area contributed by atoms with Crippen LogP contribution in [-0.4, -0.2) is 61.2 Å². The summed E-state index contributed by atoms with van der Waals surface area (Å²) in [6.45, 7) is 6.03. The van der Waals surface area contributed by atoms with Gasteiger partial charge in [-0.15, -0.1) is 10.2 Å². The van der Waals surface area contributed by atoms with Gasteiger partial charge in [-0.05, 0) is 42.9 Å². The summed E-state index contributed by atoms with van der Waals surface area (Å²) in [7, 11) is 0. The molecule has 1 aliphatic carbocycles. The van der Waals surface area contributed by atoms with E-state index in [-0.39, 0.29) is 6.04 Å². The molecule has 2 atom stereocenters. The van der Waals surface area contributed by atoms with Crippen molar-refractivity contribution in [1.82, 2.24) is 29.9 Å². The molecule has 192 valence electrons. The Morgan fingerprint density at radius 3 is 2.46 bits per heavy atom. The SMILES string of the molecule is c1ccc(Cn2cnnc2C(c2ccc(Cn3cccn3)cc2)[N+]2(C3CCCC3)CCCNCC2)cc1. The van der Waals surface area contributed by atoms with Gasteiger partial charge in [0.05, 0.1) is 32.2 Å². The van der Waals surface area contributed by atoms with Crippen molar-refractivity contribution < 1.29 is 4.48 Å². The standard InChI is InChI=1S/C30H38N7/c1-2-8-25(9-3-1)22-35-24-32-34-30(35)29(27-14-12-26(13-15-27)23-36-19-6-17-33-36)37(28-10-4-5-11-28)20-7-16-31-18-21-37/h1-3,6,8-9,12-15,17,19,24,28-29,31H,4-5,7,10-11,16,18,20-23H2/q+1. The molecule has 0 spiro atoms. The van der Waals surface area contributed by atoms with E-state index in [9.17, 15) is 0 Å².